The van der Waals surface area contributed by atoms with E-state index in [0.717, 1.165) is 11.3 Å². The first kappa shape index (κ1) is 26.6. The van der Waals surface area contributed by atoms with Gasteiger partial charge >= 0.3 is 0 Å². The first-order chi connectivity index (χ1) is 17.7. The number of carbonyl (C=O) groups excluding carboxylic acids is 2. The number of hydrogen-bond acceptors (Lipinski definition) is 7. The lowest BCUT2D eigenvalue weighted by molar-refractivity contribution is -0.118. The normalized spacial score (nSPS) is 18.5. The van der Waals surface area contributed by atoms with Gasteiger partial charge in [-0.3, -0.25) is 9.59 Å². The molecule has 1 heterocycles. The highest BCUT2D eigenvalue weighted by atomic mass is 35.5. The van der Waals surface area contributed by atoms with Crippen molar-refractivity contribution in [2.24, 2.45) is 5.41 Å². The molecule has 0 aromatic heterocycles. The van der Waals surface area contributed by atoms with Crippen molar-refractivity contribution in [2.45, 2.75) is 32.6 Å². The topological polar surface area (TPSA) is 100 Å². The summed E-state index contributed by atoms with van der Waals surface area (Å²) in [7, 11) is 3.10. The monoisotopic (exact) mass is 537 g/mol. The Kier molecular flexibility index (Phi) is 7.86. The van der Waals surface area contributed by atoms with Gasteiger partial charge < -0.3 is 20.1 Å². The second kappa shape index (κ2) is 10.9. The molecule has 0 saturated heterocycles. The molecule has 0 fully saturated rings. The molecule has 0 unspecified atom stereocenters. The number of amides is 1. The number of methoxy groups -OCH3 is 2. The molecule has 37 heavy (non-hydrogen) atoms. The quantitative estimate of drug-likeness (QED) is 0.460. The van der Waals surface area contributed by atoms with E-state index in [-0.39, 0.29) is 22.9 Å². The third-order valence-electron chi connectivity index (χ3n) is 6.36. The zero-order valence-corrected chi connectivity index (χ0v) is 22.7. The van der Waals surface area contributed by atoms with Crippen molar-refractivity contribution in [1.29, 1.82) is 5.26 Å². The minimum Gasteiger partial charge on any atom is -0.497 e. The fourth-order valence-electron chi connectivity index (χ4n) is 4.72. The number of nitrogens with one attached hydrogen (secondary N) is 2. The van der Waals surface area contributed by atoms with Crippen LogP contribution in [0.4, 0.5) is 5.69 Å². The van der Waals surface area contributed by atoms with Crippen LogP contribution in [-0.2, 0) is 9.59 Å². The summed E-state index contributed by atoms with van der Waals surface area (Å²) in [5.41, 5.74) is 2.92. The van der Waals surface area contributed by atoms with Gasteiger partial charge in [-0.1, -0.05) is 49.3 Å². The van der Waals surface area contributed by atoms with Crippen molar-refractivity contribution in [1.82, 2.24) is 5.32 Å². The summed E-state index contributed by atoms with van der Waals surface area (Å²) in [4.78, 5) is 26.2. The highest BCUT2D eigenvalue weighted by molar-refractivity contribution is 8.03. The summed E-state index contributed by atoms with van der Waals surface area (Å²) in [6.45, 7) is 4.11. The van der Waals surface area contributed by atoms with Gasteiger partial charge in [0.25, 0.3) is 0 Å². The zero-order valence-electron chi connectivity index (χ0n) is 21.1. The fraction of sp³-hybridized carbons (Fsp3) is 0.321. The van der Waals surface area contributed by atoms with Crippen molar-refractivity contribution in [2.75, 3.05) is 25.3 Å². The van der Waals surface area contributed by atoms with Gasteiger partial charge in [-0.15, -0.1) is 0 Å². The number of nitrogens with zero attached hydrogens (tertiary/aromatic N) is 1. The van der Waals surface area contributed by atoms with E-state index < -0.39 is 5.92 Å². The number of benzene rings is 2. The number of nitriles is 1. The highest BCUT2D eigenvalue weighted by Crippen LogP contribution is 2.48. The molecule has 1 amide bonds. The summed E-state index contributed by atoms with van der Waals surface area (Å²) in [5.74, 6) is 0.453. The average molecular weight is 538 g/mol. The molecule has 2 N–H and O–H groups in total. The van der Waals surface area contributed by atoms with Crippen LogP contribution in [0.15, 0.2) is 64.3 Å². The molecule has 2 aliphatic rings. The largest absolute Gasteiger partial charge is 0.497 e. The Labute approximate surface area is 225 Å². The Morgan fingerprint density at radius 3 is 2.57 bits per heavy atom. The zero-order chi connectivity index (χ0) is 26.7. The third-order valence-corrected chi connectivity index (χ3v) is 7.61. The molecule has 2 aromatic carbocycles. The Morgan fingerprint density at radius 1 is 1.19 bits per heavy atom. The number of allylic oxidation sites excluding steroid dienone is 3. The Morgan fingerprint density at radius 2 is 1.92 bits per heavy atom. The third kappa shape index (κ3) is 5.79. The summed E-state index contributed by atoms with van der Waals surface area (Å²) in [5, 5.41) is 17.4. The summed E-state index contributed by atoms with van der Waals surface area (Å²) in [6, 6.07) is 14.7. The number of halogens is 1. The van der Waals surface area contributed by atoms with Gasteiger partial charge in [-0.25, -0.2) is 0 Å². The van der Waals surface area contributed by atoms with Crippen LogP contribution in [-0.4, -0.2) is 31.7 Å². The smallest absolute Gasteiger partial charge is 0.234 e. The van der Waals surface area contributed by atoms with E-state index in [4.69, 9.17) is 21.1 Å². The first-order valence-corrected chi connectivity index (χ1v) is 13.1. The van der Waals surface area contributed by atoms with Crippen LogP contribution >= 0.6 is 23.4 Å². The van der Waals surface area contributed by atoms with E-state index in [9.17, 15) is 14.9 Å². The molecule has 0 saturated carbocycles. The van der Waals surface area contributed by atoms with Gasteiger partial charge in [0.2, 0.25) is 5.91 Å². The van der Waals surface area contributed by atoms with Gasteiger partial charge in [-0.05, 0) is 47.7 Å². The fourth-order valence-corrected chi connectivity index (χ4v) is 5.76. The van der Waals surface area contributed by atoms with Crippen molar-refractivity contribution in [3.8, 4) is 17.6 Å². The van der Waals surface area contributed by atoms with E-state index in [2.05, 4.69) is 30.6 Å². The molecule has 0 spiro atoms. The number of hydrogen-bond donors (Lipinski definition) is 2. The van der Waals surface area contributed by atoms with Crippen LogP contribution in [0, 0.1) is 16.7 Å². The molecule has 1 aliphatic carbocycles. The molecule has 9 heteroatoms. The summed E-state index contributed by atoms with van der Waals surface area (Å²) in [6.07, 6.45) is 1.07. The molecular formula is C28H28ClN3O4S. The molecule has 1 aliphatic heterocycles. The Hall–Kier alpha value is -3.41. The molecule has 0 bridgehead atoms. The van der Waals surface area contributed by atoms with Crippen LogP contribution in [0.1, 0.15) is 38.2 Å². The van der Waals surface area contributed by atoms with Gasteiger partial charge in [0.1, 0.15) is 11.5 Å². The average Bonchev–Trinajstić information content (AvgIpc) is 2.86. The number of ether oxygens (including phenoxy) is 2. The van der Waals surface area contributed by atoms with Crippen molar-refractivity contribution in [3.63, 3.8) is 0 Å². The Bertz CT molecular complexity index is 1340. The second-order valence-corrected chi connectivity index (χ2v) is 11.1. The molecule has 0 radical (unpaired) electrons. The van der Waals surface area contributed by atoms with Crippen LogP contribution in [0.3, 0.4) is 0 Å². The van der Waals surface area contributed by atoms with Gasteiger partial charge in [0.05, 0.1) is 48.2 Å². The number of anilines is 1. The van der Waals surface area contributed by atoms with Crippen molar-refractivity contribution in [3.05, 3.63) is 74.9 Å². The van der Waals surface area contributed by atoms with E-state index in [1.54, 1.807) is 25.3 Å². The number of carbonyl (C=O) groups is 2. The maximum absolute atomic E-state index is 13.3. The van der Waals surface area contributed by atoms with Crippen molar-refractivity contribution >= 4 is 40.7 Å². The number of rotatable bonds is 7. The lowest BCUT2D eigenvalue weighted by atomic mass is 9.69. The number of Topliss-reactive ketones (excluding diaryl/α,β-unsaturated/α-hetero) is 1. The molecule has 1 atom stereocenters. The van der Waals surface area contributed by atoms with Crippen molar-refractivity contribution < 1.29 is 19.1 Å². The number of dihydropyridines is 1. The van der Waals surface area contributed by atoms with E-state index in [0.29, 0.717) is 51.2 Å². The van der Waals surface area contributed by atoms with Crippen LogP contribution in [0.25, 0.3) is 0 Å². The minimum absolute atomic E-state index is 0.0298. The molecule has 4 rings (SSSR count). The van der Waals surface area contributed by atoms with E-state index in [1.807, 2.05) is 24.3 Å². The van der Waals surface area contributed by atoms with Crippen LogP contribution < -0.4 is 20.1 Å². The predicted octanol–water partition coefficient (Wildman–Crippen LogP) is 5.79. The molecular weight excluding hydrogens is 510 g/mol. The molecule has 192 valence electrons. The summed E-state index contributed by atoms with van der Waals surface area (Å²) >= 11 is 7.31. The van der Waals surface area contributed by atoms with E-state index >= 15 is 0 Å². The van der Waals surface area contributed by atoms with Crippen LogP contribution in [0.5, 0.6) is 11.5 Å². The first-order valence-electron chi connectivity index (χ1n) is 11.7. The van der Waals surface area contributed by atoms with Gasteiger partial charge in [0.15, 0.2) is 5.78 Å². The number of thioether (sulfide) groups is 1. The highest BCUT2D eigenvalue weighted by Gasteiger charge is 2.42. The van der Waals surface area contributed by atoms with Gasteiger partial charge in [0, 0.05) is 22.7 Å². The predicted molar refractivity (Wildman–Crippen MR) is 146 cm³/mol. The maximum Gasteiger partial charge on any atom is 0.234 e. The minimum atomic E-state index is -0.519. The maximum atomic E-state index is 13.3. The van der Waals surface area contributed by atoms with Gasteiger partial charge in [-0.2, -0.15) is 5.26 Å². The SMILES string of the molecule is COc1ccc([C@@H]2C(C#N)=C(SCC(=O)Nc3cc(Cl)ccc3OC)NC3=C2C(=O)CC(C)(C)C3)cc1. The number of ketones is 1. The second-order valence-electron chi connectivity index (χ2n) is 9.70. The lowest BCUT2D eigenvalue weighted by Crippen LogP contribution is -2.37. The molecule has 2 aromatic rings. The Balaban J connectivity index is 1.65. The standard InChI is InChI=1S/C28H28ClN3O4S/c1-28(2)12-21-26(22(33)13-28)25(16-5-8-18(35-3)9-6-16)19(14-30)27(32-21)37-15-24(34)31-20-11-17(29)7-10-23(20)36-4/h5-11,25,32H,12-13,15H2,1-4H3,(H,31,34)/t25-/m1/s1. The molecule has 7 nitrogen and oxygen atoms in total. The van der Waals surface area contributed by atoms with Crippen LogP contribution in [0.2, 0.25) is 5.02 Å². The van der Waals surface area contributed by atoms with E-state index in [1.165, 1.54) is 18.9 Å². The lowest BCUT2D eigenvalue weighted by Gasteiger charge is -2.39. The summed E-state index contributed by atoms with van der Waals surface area (Å²) < 4.78 is 10.6.